The third-order valence-corrected chi connectivity index (χ3v) is 12.4. The average Bonchev–Trinajstić information content (AvgIpc) is 3.50. The van der Waals surface area contributed by atoms with E-state index >= 15 is 0 Å². The lowest BCUT2D eigenvalue weighted by Gasteiger charge is -2.59. The van der Waals surface area contributed by atoms with Gasteiger partial charge in [-0.3, -0.25) is 0 Å². The molecule has 3 nitrogen and oxygen atoms in total. The van der Waals surface area contributed by atoms with E-state index in [1.807, 2.05) is 30.3 Å². The zero-order valence-electron chi connectivity index (χ0n) is 23.7. The van der Waals surface area contributed by atoms with Gasteiger partial charge >= 0.3 is 5.97 Å². The summed E-state index contributed by atoms with van der Waals surface area (Å²) in [4.78, 5) is 12.8. The SMILES string of the molecule is CCCCCCCC[C@H]1CC[C@H]2[C@@H]3C[C@@H]4O[C@@]45C[C@@H](OC(=O)c4ccccc4)CC[C@]5(C)[C@H]3CC[C@]12C. The third kappa shape index (κ3) is 4.30. The molecule has 0 radical (unpaired) electrons. The molecule has 1 saturated heterocycles. The summed E-state index contributed by atoms with van der Waals surface area (Å²) in [5.74, 6) is 3.28. The van der Waals surface area contributed by atoms with Gasteiger partial charge in [-0.2, -0.15) is 0 Å². The van der Waals surface area contributed by atoms with Gasteiger partial charge in [-0.15, -0.1) is 0 Å². The number of ether oxygens (including phenoxy) is 2. The van der Waals surface area contributed by atoms with Gasteiger partial charge in [0.25, 0.3) is 0 Å². The summed E-state index contributed by atoms with van der Waals surface area (Å²) >= 11 is 0. The van der Waals surface area contributed by atoms with E-state index in [-0.39, 0.29) is 23.1 Å². The van der Waals surface area contributed by atoms with E-state index in [0.717, 1.165) is 42.9 Å². The van der Waals surface area contributed by atoms with Crippen LogP contribution in [0.4, 0.5) is 0 Å². The fourth-order valence-electron chi connectivity index (χ4n) is 10.3. The van der Waals surface area contributed by atoms with Gasteiger partial charge in [0.2, 0.25) is 0 Å². The normalized spacial score (nSPS) is 43.8. The van der Waals surface area contributed by atoms with Gasteiger partial charge in [-0.05, 0) is 92.6 Å². The lowest BCUT2D eigenvalue weighted by molar-refractivity contribution is -0.116. The minimum atomic E-state index is -0.174. The first-order chi connectivity index (χ1) is 17.9. The number of fused-ring (bicyclic) bond motifs is 4. The van der Waals surface area contributed by atoms with Crippen molar-refractivity contribution in [3.05, 3.63) is 35.9 Å². The number of unbranched alkanes of at least 4 members (excludes halogenated alkanes) is 5. The van der Waals surface area contributed by atoms with Gasteiger partial charge in [0.15, 0.2) is 0 Å². The van der Waals surface area contributed by atoms with Crippen LogP contribution in [0.5, 0.6) is 0 Å². The molecular formula is C34H50O3. The summed E-state index contributed by atoms with van der Waals surface area (Å²) in [6.07, 6.45) is 20.3. The first-order valence-electron chi connectivity index (χ1n) is 15.8. The van der Waals surface area contributed by atoms with Crippen molar-refractivity contribution in [1.82, 2.24) is 0 Å². The summed E-state index contributed by atoms with van der Waals surface area (Å²) in [6.45, 7) is 7.55. The smallest absolute Gasteiger partial charge is 0.338 e. The molecule has 3 heteroatoms. The maximum absolute atomic E-state index is 12.8. The number of carbonyl (C=O) groups excluding carboxylic acids is 1. The van der Waals surface area contributed by atoms with Gasteiger partial charge in [0.1, 0.15) is 11.7 Å². The second kappa shape index (κ2) is 10.00. The summed E-state index contributed by atoms with van der Waals surface area (Å²) in [6, 6.07) is 9.48. The minimum absolute atomic E-state index is 0.00984. The van der Waals surface area contributed by atoms with Gasteiger partial charge in [0, 0.05) is 11.8 Å². The van der Waals surface area contributed by atoms with Crippen molar-refractivity contribution in [3.8, 4) is 0 Å². The lowest BCUT2D eigenvalue weighted by atomic mass is 9.44. The Hall–Kier alpha value is -1.35. The van der Waals surface area contributed by atoms with Crippen LogP contribution in [-0.4, -0.2) is 23.8 Å². The molecule has 0 unspecified atom stereocenters. The quantitative estimate of drug-likeness (QED) is 0.191. The number of hydrogen-bond donors (Lipinski definition) is 0. The Morgan fingerprint density at radius 3 is 2.54 bits per heavy atom. The van der Waals surface area contributed by atoms with Crippen molar-refractivity contribution >= 4 is 5.97 Å². The van der Waals surface area contributed by atoms with E-state index in [1.165, 1.54) is 77.0 Å². The van der Waals surface area contributed by atoms with E-state index in [4.69, 9.17) is 9.47 Å². The van der Waals surface area contributed by atoms with Crippen molar-refractivity contribution in [2.45, 2.75) is 135 Å². The summed E-state index contributed by atoms with van der Waals surface area (Å²) < 4.78 is 12.8. The highest BCUT2D eigenvalue weighted by Gasteiger charge is 2.76. The Morgan fingerprint density at radius 1 is 0.946 bits per heavy atom. The van der Waals surface area contributed by atoms with E-state index in [1.54, 1.807) is 0 Å². The molecule has 1 spiro atoms. The Bertz CT molecular complexity index is 959. The van der Waals surface area contributed by atoms with Crippen LogP contribution in [-0.2, 0) is 9.47 Å². The second-order valence-electron chi connectivity index (χ2n) is 14.0. The molecular weight excluding hydrogens is 456 g/mol. The molecule has 204 valence electrons. The van der Waals surface area contributed by atoms with Crippen LogP contribution in [0.2, 0.25) is 0 Å². The molecule has 1 aromatic carbocycles. The van der Waals surface area contributed by atoms with Crippen LogP contribution in [0.15, 0.2) is 30.3 Å². The van der Waals surface area contributed by atoms with Crippen molar-refractivity contribution in [3.63, 3.8) is 0 Å². The molecule has 5 fully saturated rings. The molecule has 1 heterocycles. The topological polar surface area (TPSA) is 38.8 Å². The maximum Gasteiger partial charge on any atom is 0.338 e. The van der Waals surface area contributed by atoms with Crippen molar-refractivity contribution < 1.29 is 14.3 Å². The van der Waals surface area contributed by atoms with Crippen molar-refractivity contribution in [1.29, 1.82) is 0 Å². The zero-order chi connectivity index (χ0) is 25.7. The van der Waals surface area contributed by atoms with Crippen LogP contribution < -0.4 is 0 Å². The van der Waals surface area contributed by atoms with E-state index in [9.17, 15) is 4.79 Å². The molecule has 0 aromatic heterocycles. The van der Waals surface area contributed by atoms with Crippen LogP contribution in [0.1, 0.15) is 127 Å². The standard InChI is InChI=1S/C34H50O3/c1-4-5-6-7-8-12-15-25-16-17-28-27-22-30-34(37-30)23-26(36-31(35)24-13-10-9-11-14-24)18-21-33(34,3)29(27)19-20-32(25,28)2/h9-11,13-14,25-30H,4-8,12,15-23H2,1-3H3/t25-,26-,27-,28-,29-,30-,32+,33+,34-/m0/s1. The molecule has 0 N–H and O–H groups in total. The first-order valence-corrected chi connectivity index (χ1v) is 15.8. The summed E-state index contributed by atoms with van der Waals surface area (Å²) in [7, 11) is 0. The molecule has 4 saturated carbocycles. The molecule has 0 bridgehead atoms. The number of carbonyl (C=O) groups is 1. The number of rotatable bonds is 9. The van der Waals surface area contributed by atoms with Gasteiger partial charge in [-0.25, -0.2) is 4.79 Å². The predicted octanol–water partition coefficient (Wildman–Crippen LogP) is 8.75. The third-order valence-electron chi connectivity index (χ3n) is 12.4. The molecule has 4 aliphatic carbocycles. The predicted molar refractivity (Wildman–Crippen MR) is 148 cm³/mol. The van der Waals surface area contributed by atoms with Crippen molar-refractivity contribution in [2.75, 3.05) is 0 Å². The van der Waals surface area contributed by atoms with Gasteiger partial charge in [0.05, 0.1) is 11.7 Å². The van der Waals surface area contributed by atoms with E-state index in [0.29, 0.717) is 17.1 Å². The number of esters is 1. The fraction of sp³-hybridized carbons (Fsp3) is 0.794. The highest BCUT2D eigenvalue weighted by molar-refractivity contribution is 5.89. The minimum Gasteiger partial charge on any atom is -0.459 e. The Balaban J connectivity index is 1.09. The molecule has 6 rings (SSSR count). The molecule has 1 aromatic rings. The molecule has 9 atom stereocenters. The Morgan fingerprint density at radius 2 is 1.73 bits per heavy atom. The van der Waals surface area contributed by atoms with Gasteiger partial charge in [-0.1, -0.05) is 77.5 Å². The summed E-state index contributed by atoms with van der Waals surface area (Å²) in [5.41, 5.74) is 1.42. The maximum atomic E-state index is 12.8. The van der Waals surface area contributed by atoms with Crippen LogP contribution >= 0.6 is 0 Å². The highest BCUT2D eigenvalue weighted by Crippen LogP contribution is 2.74. The van der Waals surface area contributed by atoms with Crippen LogP contribution in [0.25, 0.3) is 0 Å². The number of epoxide rings is 1. The fourth-order valence-corrected chi connectivity index (χ4v) is 10.3. The van der Waals surface area contributed by atoms with E-state index in [2.05, 4.69) is 20.8 Å². The largest absolute Gasteiger partial charge is 0.459 e. The van der Waals surface area contributed by atoms with Gasteiger partial charge < -0.3 is 9.47 Å². The summed E-state index contributed by atoms with van der Waals surface area (Å²) in [5, 5.41) is 0. The average molecular weight is 507 g/mol. The second-order valence-corrected chi connectivity index (χ2v) is 14.0. The highest BCUT2D eigenvalue weighted by atomic mass is 16.6. The number of benzene rings is 1. The number of hydrogen-bond acceptors (Lipinski definition) is 3. The Kier molecular flexibility index (Phi) is 7.00. The molecule has 1 aliphatic heterocycles. The van der Waals surface area contributed by atoms with E-state index < -0.39 is 0 Å². The monoisotopic (exact) mass is 506 g/mol. The molecule has 37 heavy (non-hydrogen) atoms. The Labute approximate surface area is 225 Å². The zero-order valence-corrected chi connectivity index (χ0v) is 23.7. The molecule has 5 aliphatic rings. The lowest BCUT2D eigenvalue weighted by Crippen LogP contribution is -2.58. The van der Waals surface area contributed by atoms with Crippen molar-refractivity contribution in [2.24, 2.45) is 34.5 Å². The van der Waals surface area contributed by atoms with Crippen LogP contribution in [0.3, 0.4) is 0 Å². The first kappa shape index (κ1) is 25.9. The van der Waals surface area contributed by atoms with Crippen LogP contribution in [0, 0.1) is 34.5 Å². The molecule has 0 amide bonds.